The lowest BCUT2D eigenvalue weighted by molar-refractivity contribution is -0.00790. The van der Waals surface area contributed by atoms with Gasteiger partial charge in [-0.25, -0.2) is 9.36 Å². The first-order valence-electron chi connectivity index (χ1n) is 4.46. The fourth-order valence-corrected chi connectivity index (χ4v) is 0.987. The molecule has 1 unspecified atom stereocenters. The lowest BCUT2D eigenvalue weighted by atomic mass is 10.0. The van der Waals surface area contributed by atoms with Crippen LogP contribution in [-0.2, 0) is 18.3 Å². The van der Waals surface area contributed by atoms with Crippen LogP contribution in [0.3, 0.4) is 0 Å². The van der Waals surface area contributed by atoms with Crippen molar-refractivity contribution in [2.24, 2.45) is 0 Å². The fraction of sp³-hybridized carbons (Fsp3) is 0.875. The Morgan fingerprint density at radius 2 is 1.86 bits per heavy atom. The monoisotopic (exact) mass is 224 g/mol. The summed E-state index contributed by atoms with van der Waals surface area (Å²) in [5.74, 6) is 0. The third kappa shape index (κ3) is 4.63. The maximum atomic E-state index is 11.0. The largest absolute Gasteiger partial charge is 0.515 e. The van der Waals surface area contributed by atoms with Gasteiger partial charge in [0, 0.05) is 7.11 Å². The summed E-state index contributed by atoms with van der Waals surface area (Å²) in [6.45, 7) is 5.59. The van der Waals surface area contributed by atoms with Gasteiger partial charge < -0.3 is 13.8 Å². The van der Waals surface area contributed by atoms with Gasteiger partial charge in [-0.3, -0.25) is 0 Å². The first kappa shape index (κ1) is 13.5. The highest BCUT2D eigenvalue weighted by Gasteiger charge is 2.26. The van der Waals surface area contributed by atoms with Crippen LogP contribution in [0.1, 0.15) is 33.6 Å². The van der Waals surface area contributed by atoms with E-state index in [-0.39, 0.29) is 0 Å². The van der Waals surface area contributed by atoms with Crippen molar-refractivity contribution in [1.29, 1.82) is 0 Å². The topological polar surface area (TPSA) is 61.8 Å². The predicted molar refractivity (Wildman–Crippen MR) is 52.6 cm³/mol. The maximum absolute atomic E-state index is 11.0. The van der Waals surface area contributed by atoms with Crippen molar-refractivity contribution in [2.45, 2.75) is 39.2 Å². The summed E-state index contributed by atoms with van der Waals surface area (Å²) in [6, 6.07) is 0. The molecular formula is C8H17O5P. The zero-order chi connectivity index (χ0) is 11.2. The van der Waals surface area contributed by atoms with Gasteiger partial charge in [0.2, 0.25) is 0 Å². The highest BCUT2D eigenvalue weighted by molar-refractivity contribution is 7.33. The molecule has 14 heavy (non-hydrogen) atoms. The van der Waals surface area contributed by atoms with E-state index in [0.29, 0.717) is 12.8 Å². The average Bonchev–Trinajstić information content (AvgIpc) is 2.17. The van der Waals surface area contributed by atoms with E-state index in [4.69, 9.17) is 4.74 Å². The Balaban J connectivity index is 4.10. The van der Waals surface area contributed by atoms with Crippen molar-refractivity contribution in [3.63, 3.8) is 0 Å². The summed E-state index contributed by atoms with van der Waals surface area (Å²) in [6.07, 6.45) is 0.404. The van der Waals surface area contributed by atoms with E-state index in [1.807, 2.05) is 13.8 Å². The number of hydrogen-bond acceptors (Lipinski definition) is 5. The second kappa shape index (κ2) is 6.04. The zero-order valence-corrected chi connectivity index (χ0v) is 9.96. The fourth-order valence-electron chi connectivity index (χ4n) is 0.726. The molecule has 0 aliphatic heterocycles. The lowest BCUT2D eigenvalue weighted by Crippen LogP contribution is -2.29. The molecule has 0 spiro atoms. The van der Waals surface area contributed by atoms with Crippen molar-refractivity contribution in [2.75, 3.05) is 7.11 Å². The Bertz CT molecular complexity index is 212. The quantitative estimate of drug-likeness (QED) is 0.530. The Morgan fingerprint density at radius 1 is 1.36 bits per heavy atom. The summed E-state index contributed by atoms with van der Waals surface area (Å²) in [4.78, 5) is 11.0. The summed E-state index contributed by atoms with van der Waals surface area (Å²) in [5.41, 5.74) is -0.563. The van der Waals surface area contributed by atoms with Crippen LogP contribution in [0.4, 0.5) is 4.79 Å². The first-order chi connectivity index (χ1) is 6.47. The first-order valence-corrected chi connectivity index (χ1v) is 5.68. The van der Waals surface area contributed by atoms with Gasteiger partial charge >= 0.3 is 14.4 Å². The molecular weight excluding hydrogens is 207 g/mol. The second-order valence-electron chi connectivity index (χ2n) is 3.07. The van der Waals surface area contributed by atoms with Gasteiger partial charge in [-0.15, -0.1) is 0 Å². The highest BCUT2D eigenvalue weighted by Crippen LogP contribution is 2.26. The van der Waals surface area contributed by atoms with Crippen LogP contribution in [0.5, 0.6) is 0 Å². The van der Waals surface area contributed by atoms with E-state index in [1.165, 1.54) is 7.11 Å². The van der Waals surface area contributed by atoms with E-state index in [0.717, 1.165) is 0 Å². The molecule has 84 valence electrons. The van der Waals surface area contributed by atoms with Crippen LogP contribution in [0.15, 0.2) is 0 Å². The molecule has 0 bridgehead atoms. The molecule has 0 aromatic carbocycles. The Hall–Kier alpha value is -0.540. The molecule has 0 fully saturated rings. The van der Waals surface area contributed by atoms with Gasteiger partial charge in [-0.2, -0.15) is 0 Å². The third-order valence-corrected chi connectivity index (χ3v) is 2.83. The van der Waals surface area contributed by atoms with Crippen molar-refractivity contribution in [3.05, 3.63) is 0 Å². The molecule has 0 heterocycles. The summed E-state index contributed by atoms with van der Waals surface area (Å²) < 4.78 is 24.4. The van der Waals surface area contributed by atoms with Crippen LogP contribution in [0.2, 0.25) is 0 Å². The molecule has 0 aliphatic carbocycles. The smallest absolute Gasteiger partial charge is 0.428 e. The van der Waals surface area contributed by atoms with Gasteiger partial charge in [0.05, 0.1) is 0 Å². The van der Waals surface area contributed by atoms with E-state index < -0.39 is 20.0 Å². The van der Waals surface area contributed by atoms with Gasteiger partial charge in [-0.05, 0) is 19.8 Å². The molecule has 0 amide bonds. The Kier molecular flexibility index (Phi) is 5.81. The molecule has 0 saturated carbocycles. The maximum Gasteiger partial charge on any atom is 0.515 e. The van der Waals surface area contributed by atoms with Crippen molar-refractivity contribution < 1.29 is 23.1 Å². The highest BCUT2D eigenvalue weighted by atomic mass is 31.1. The molecule has 6 heteroatoms. The minimum atomic E-state index is -2.74. The number of carbonyl (C=O) groups excluding carboxylic acids is 1. The normalized spacial score (nSPS) is 13.4. The van der Waals surface area contributed by atoms with Crippen molar-refractivity contribution >= 4 is 14.4 Å². The summed E-state index contributed by atoms with van der Waals surface area (Å²) in [7, 11) is -1.54. The van der Waals surface area contributed by atoms with Gasteiger partial charge in [-0.1, -0.05) is 13.8 Å². The Labute approximate surface area is 84.7 Å². The lowest BCUT2D eigenvalue weighted by Gasteiger charge is -2.25. The molecule has 1 atom stereocenters. The molecule has 0 radical (unpaired) electrons. The van der Waals surface area contributed by atoms with E-state index in [1.54, 1.807) is 6.92 Å². The second-order valence-corrected chi connectivity index (χ2v) is 4.18. The van der Waals surface area contributed by atoms with E-state index in [9.17, 15) is 9.36 Å². The SMILES string of the molecule is CCC(C)(CC)OC(=O)O[PH](=O)OC. The van der Waals surface area contributed by atoms with Gasteiger partial charge in [0.25, 0.3) is 0 Å². The minimum absolute atomic E-state index is 0.563. The molecule has 5 nitrogen and oxygen atoms in total. The zero-order valence-electron chi connectivity index (χ0n) is 8.96. The van der Waals surface area contributed by atoms with Crippen LogP contribution in [0, 0.1) is 0 Å². The third-order valence-electron chi connectivity index (χ3n) is 2.16. The van der Waals surface area contributed by atoms with Crippen LogP contribution < -0.4 is 0 Å². The van der Waals surface area contributed by atoms with E-state index in [2.05, 4.69) is 9.05 Å². The number of hydrogen-bond donors (Lipinski definition) is 0. The number of carbonyl (C=O) groups is 1. The minimum Gasteiger partial charge on any atom is -0.428 e. The van der Waals surface area contributed by atoms with Gasteiger partial charge in [0.15, 0.2) is 0 Å². The van der Waals surface area contributed by atoms with Crippen molar-refractivity contribution in [1.82, 2.24) is 0 Å². The molecule has 0 aromatic heterocycles. The summed E-state index contributed by atoms with van der Waals surface area (Å²) >= 11 is 0. The number of rotatable bonds is 5. The van der Waals surface area contributed by atoms with Crippen LogP contribution in [-0.4, -0.2) is 18.9 Å². The van der Waals surface area contributed by atoms with Crippen LogP contribution >= 0.6 is 8.25 Å². The standard InChI is InChI=1S/C8H17O5P/c1-5-8(3,6-2)12-7(9)13-14(10)11-4/h14H,5-6H2,1-4H3. The number of ether oxygens (including phenoxy) is 1. The Morgan fingerprint density at radius 3 is 2.21 bits per heavy atom. The van der Waals surface area contributed by atoms with Crippen molar-refractivity contribution in [3.8, 4) is 0 Å². The molecule has 0 aromatic rings. The molecule has 0 aliphatic rings. The average molecular weight is 224 g/mol. The van der Waals surface area contributed by atoms with E-state index >= 15 is 0 Å². The molecule has 0 saturated heterocycles. The van der Waals surface area contributed by atoms with Crippen LogP contribution in [0.25, 0.3) is 0 Å². The predicted octanol–water partition coefficient (Wildman–Crippen LogP) is 2.75. The molecule has 0 rings (SSSR count). The molecule has 0 N–H and O–H groups in total. The van der Waals surface area contributed by atoms with Gasteiger partial charge in [0.1, 0.15) is 5.60 Å². The summed E-state index contributed by atoms with van der Waals surface area (Å²) in [5, 5.41) is 0.